The zero-order chi connectivity index (χ0) is 18.4. The fourth-order valence-corrected chi connectivity index (χ4v) is 6.08. The number of anilines is 1. The van der Waals surface area contributed by atoms with Gasteiger partial charge in [0.2, 0.25) is 0 Å². The molecule has 2 atom stereocenters. The Morgan fingerprint density at radius 2 is 1.89 bits per heavy atom. The lowest BCUT2D eigenvalue weighted by molar-refractivity contribution is 0.356. The summed E-state index contributed by atoms with van der Waals surface area (Å²) in [5, 5.41) is 1.34. The van der Waals surface area contributed by atoms with Gasteiger partial charge >= 0.3 is 0 Å². The maximum absolute atomic E-state index is 5.13. The number of aromatic nitrogens is 3. The van der Waals surface area contributed by atoms with Gasteiger partial charge in [0, 0.05) is 35.9 Å². The van der Waals surface area contributed by atoms with E-state index in [9.17, 15) is 0 Å². The van der Waals surface area contributed by atoms with Crippen LogP contribution in [-0.4, -0.2) is 28.0 Å². The summed E-state index contributed by atoms with van der Waals surface area (Å²) in [5.41, 5.74) is 2.53. The van der Waals surface area contributed by atoms with Crippen LogP contribution in [0.3, 0.4) is 0 Å². The second-order valence-corrected chi connectivity index (χ2v) is 9.44. The number of piperidine rings is 1. The molecule has 0 saturated carbocycles. The van der Waals surface area contributed by atoms with E-state index in [1.807, 2.05) is 23.6 Å². The summed E-state index contributed by atoms with van der Waals surface area (Å²) in [7, 11) is 0. The maximum Gasteiger partial charge on any atom is 0.164 e. The molecule has 5 rings (SSSR count). The molecule has 2 unspecified atom stereocenters. The highest BCUT2D eigenvalue weighted by Gasteiger charge is 2.28. The molecule has 1 saturated heterocycles. The summed E-state index contributed by atoms with van der Waals surface area (Å²) in [6.45, 7) is 6.92. The highest BCUT2D eigenvalue weighted by molar-refractivity contribution is 7.19. The molecule has 2 aliphatic rings. The predicted molar refractivity (Wildman–Crippen MR) is 112 cm³/mol. The molecule has 4 heterocycles. The number of fused-ring (bicyclic) bond motifs is 3. The van der Waals surface area contributed by atoms with Gasteiger partial charge in [0.15, 0.2) is 5.82 Å². The molecule has 5 heteroatoms. The molecule has 1 fully saturated rings. The summed E-state index contributed by atoms with van der Waals surface area (Å²) < 4.78 is 0. The van der Waals surface area contributed by atoms with Crippen LogP contribution in [0.15, 0.2) is 24.5 Å². The Morgan fingerprint density at radius 3 is 2.67 bits per heavy atom. The van der Waals surface area contributed by atoms with Crippen LogP contribution in [0.25, 0.3) is 21.6 Å². The molecule has 1 aliphatic carbocycles. The van der Waals surface area contributed by atoms with Gasteiger partial charge in [0.25, 0.3) is 0 Å². The first-order valence-corrected chi connectivity index (χ1v) is 11.0. The van der Waals surface area contributed by atoms with Gasteiger partial charge < -0.3 is 4.90 Å². The Labute approximate surface area is 164 Å². The van der Waals surface area contributed by atoms with Crippen LogP contribution in [0.4, 0.5) is 5.82 Å². The van der Waals surface area contributed by atoms with Crippen molar-refractivity contribution in [1.29, 1.82) is 0 Å². The molecular weight excluding hydrogens is 352 g/mol. The number of thiophene rings is 1. The van der Waals surface area contributed by atoms with Crippen molar-refractivity contribution in [2.24, 2.45) is 11.8 Å². The van der Waals surface area contributed by atoms with E-state index < -0.39 is 0 Å². The van der Waals surface area contributed by atoms with Crippen molar-refractivity contribution in [2.75, 3.05) is 18.0 Å². The van der Waals surface area contributed by atoms with E-state index in [2.05, 4.69) is 29.8 Å². The highest BCUT2D eigenvalue weighted by atomic mass is 32.1. The van der Waals surface area contributed by atoms with Crippen LogP contribution in [0.1, 0.15) is 43.6 Å². The fraction of sp³-hybridized carbons (Fsp3) is 0.500. The normalized spacial score (nSPS) is 22.8. The van der Waals surface area contributed by atoms with Gasteiger partial charge in [-0.3, -0.25) is 4.98 Å². The topological polar surface area (TPSA) is 41.9 Å². The highest BCUT2D eigenvalue weighted by Crippen LogP contribution is 2.41. The van der Waals surface area contributed by atoms with Crippen LogP contribution in [-0.2, 0) is 12.8 Å². The lowest BCUT2D eigenvalue weighted by atomic mass is 9.91. The van der Waals surface area contributed by atoms with E-state index in [-0.39, 0.29) is 0 Å². The van der Waals surface area contributed by atoms with Crippen molar-refractivity contribution in [3.63, 3.8) is 0 Å². The summed E-state index contributed by atoms with van der Waals surface area (Å²) in [5.74, 6) is 3.39. The molecule has 0 spiro atoms. The summed E-state index contributed by atoms with van der Waals surface area (Å²) in [4.78, 5) is 19.6. The van der Waals surface area contributed by atoms with E-state index >= 15 is 0 Å². The van der Waals surface area contributed by atoms with Crippen LogP contribution >= 0.6 is 11.3 Å². The van der Waals surface area contributed by atoms with Crippen LogP contribution < -0.4 is 4.90 Å². The average Bonchev–Trinajstić information content (AvgIpc) is 3.05. The molecule has 0 radical (unpaired) electrons. The number of aryl methyl sites for hydroxylation is 2. The van der Waals surface area contributed by atoms with E-state index in [1.54, 1.807) is 6.20 Å². The monoisotopic (exact) mass is 378 g/mol. The number of nitrogens with zero attached hydrogens (tertiary/aromatic N) is 4. The molecular formula is C22H26N4S. The van der Waals surface area contributed by atoms with Crippen molar-refractivity contribution in [3.8, 4) is 11.4 Å². The molecule has 27 heavy (non-hydrogen) atoms. The molecule has 0 bridgehead atoms. The molecule has 3 aromatic rings. The van der Waals surface area contributed by atoms with E-state index in [0.29, 0.717) is 11.8 Å². The van der Waals surface area contributed by atoms with Gasteiger partial charge in [0.05, 0.1) is 5.39 Å². The lowest BCUT2D eigenvalue weighted by Crippen LogP contribution is -2.39. The summed E-state index contributed by atoms with van der Waals surface area (Å²) in [6.07, 6.45) is 9.95. The van der Waals surface area contributed by atoms with Crippen LogP contribution in [0, 0.1) is 11.8 Å². The third-order valence-corrected chi connectivity index (χ3v) is 7.07. The van der Waals surface area contributed by atoms with Crippen molar-refractivity contribution in [2.45, 2.75) is 46.0 Å². The second kappa shape index (κ2) is 6.86. The predicted octanol–water partition coefficient (Wildman–Crippen LogP) is 5.11. The quantitative estimate of drug-likeness (QED) is 0.621. The number of hydrogen-bond donors (Lipinski definition) is 0. The third kappa shape index (κ3) is 3.12. The largest absolute Gasteiger partial charge is 0.355 e. The second-order valence-electron chi connectivity index (χ2n) is 8.35. The van der Waals surface area contributed by atoms with Gasteiger partial charge in [0.1, 0.15) is 10.6 Å². The first-order chi connectivity index (χ1) is 13.2. The number of rotatable bonds is 2. The first-order valence-electron chi connectivity index (χ1n) is 10.2. The van der Waals surface area contributed by atoms with Crippen molar-refractivity contribution < 1.29 is 0 Å². The molecule has 3 aromatic heterocycles. The third-order valence-electron chi connectivity index (χ3n) is 5.88. The number of hydrogen-bond acceptors (Lipinski definition) is 5. The molecule has 140 valence electrons. The van der Waals surface area contributed by atoms with Crippen molar-refractivity contribution in [3.05, 3.63) is 35.0 Å². The smallest absolute Gasteiger partial charge is 0.164 e. The van der Waals surface area contributed by atoms with E-state index in [1.165, 1.54) is 47.9 Å². The van der Waals surface area contributed by atoms with Crippen LogP contribution in [0.2, 0.25) is 0 Å². The molecule has 0 amide bonds. The van der Waals surface area contributed by atoms with Gasteiger partial charge in [-0.15, -0.1) is 11.3 Å². The molecule has 1 aliphatic heterocycles. The zero-order valence-corrected chi connectivity index (χ0v) is 16.9. The molecule has 0 aromatic carbocycles. The number of pyridine rings is 1. The van der Waals surface area contributed by atoms with Crippen LogP contribution in [0.5, 0.6) is 0 Å². The van der Waals surface area contributed by atoms with Gasteiger partial charge in [-0.2, -0.15) is 0 Å². The molecule has 4 nitrogen and oxygen atoms in total. The Kier molecular flexibility index (Phi) is 4.35. The van der Waals surface area contributed by atoms with E-state index in [4.69, 9.17) is 9.97 Å². The Balaban J connectivity index is 1.71. The molecule has 0 N–H and O–H groups in total. The minimum atomic E-state index is 0.704. The minimum absolute atomic E-state index is 0.704. The van der Waals surface area contributed by atoms with Gasteiger partial charge in [-0.25, -0.2) is 9.97 Å². The summed E-state index contributed by atoms with van der Waals surface area (Å²) >= 11 is 1.89. The summed E-state index contributed by atoms with van der Waals surface area (Å²) in [6, 6.07) is 4.03. The van der Waals surface area contributed by atoms with Gasteiger partial charge in [-0.1, -0.05) is 13.8 Å². The van der Waals surface area contributed by atoms with E-state index in [0.717, 1.165) is 35.1 Å². The van der Waals surface area contributed by atoms with Crippen molar-refractivity contribution >= 4 is 27.4 Å². The zero-order valence-electron chi connectivity index (χ0n) is 16.1. The van der Waals surface area contributed by atoms with Crippen molar-refractivity contribution in [1.82, 2.24) is 15.0 Å². The maximum atomic E-state index is 5.13. The Morgan fingerprint density at radius 1 is 1.07 bits per heavy atom. The standard InChI is InChI=1S/C22H26N4S/c1-14-10-15(2)13-26(12-14)21-19-17-7-3-4-8-18(17)27-22(19)25-20(24-21)16-6-5-9-23-11-16/h5-6,9,11,14-15H,3-4,7-8,10,12-13H2,1-2H3. The Hall–Kier alpha value is -2.01. The SMILES string of the molecule is CC1CC(C)CN(c2nc(-c3cccnc3)nc3sc4c(c23)CCCC4)C1. The van der Waals surface area contributed by atoms with Gasteiger partial charge in [-0.05, 0) is 61.6 Å². The fourth-order valence-electron chi connectivity index (χ4n) is 4.83. The average molecular weight is 379 g/mol. The first kappa shape index (κ1) is 17.1. The lowest BCUT2D eigenvalue weighted by Gasteiger charge is -2.36. The Bertz CT molecular complexity index is 955. The minimum Gasteiger partial charge on any atom is -0.355 e.